The van der Waals surface area contributed by atoms with Crippen molar-refractivity contribution in [1.29, 1.82) is 0 Å². The third-order valence-electron chi connectivity index (χ3n) is 3.54. The van der Waals surface area contributed by atoms with Crippen molar-refractivity contribution >= 4 is 0 Å². The van der Waals surface area contributed by atoms with Gasteiger partial charge in [0.15, 0.2) is 0 Å². The van der Waals surface area contributed by atoms with Gasteiger partial charge in [-0.05, 0) is 44.4 Å². The van der Waals surface area contributed by atoms with Gasteiger partial charge in [-0.25, -0.2) is 0 Å². The summed E-state index contributed by atoms with van der Waals surface area (Å²) in [6.07, 6.45) is 5.79. The zero-order valence-corrected chi connectivity index (χ0v) is 11.5. The van der Waals surface area contributed by atoms with Crippen molar-refractivity contribution in [3.63, 3.8) is 0 Å². The van der Waals surface area contributed by atoms with E-state index in [0.29, 0.717) is 5.92 Å². The van der Waals surface area contributed by atoms with Crippen LogP contribution in [0.15, 0.2) is 18.3 Å². The Morgan fingerprint density at radius 2 is 2.33 bits per heavy atom. The summed E-state index contributed by atoms with van der Waals surface area (Å²) >= 11 is 0. The van der Waals surface area contributed by atoms with Gasteiger partial charge in [-0.1, -0.05) is 13.0 Å². The zero-order chi connectivity index (χ0) is 12.8. The Morgan fingerprint density at radius 3 is 3.06 bits per heavy atom. The smallest absolute Gasteiger partial charge is 0.0880 e. The molecule has 2 unspecified atom stereocenters. The van der Waals surface area contributed by atoms with Crippen LogP contribution in [0.2, 0.25) is 0 Å². The van der Waals surface area contributed by atoms with Crippen LogP contribution in [0, 0.1) is 12.8 Å². The lowest BCUT2D eigenvalue weighted by molar-refractivity contribution is -0.0278. The largest absolute Gasteiger partial charge is 0.373 e. The molecule has 1 fully saturated rings. The van der Waals surface area contributed by atoms with E-state index in [2.05, 4.69) is 29.4 Å². The second-order valence-corrected chi connectivity index (χ2v) is 5.13. The zero-order valence-electron chi connectivity index (χ0n) is 11.5. The predicted molar refractivity (Wildman–Crippen MR) is 73.6 cm³/mol. The third kappa shape index (κ3) is 3.53. The first-order valence-electron chi connectivity index (χ1n) is 7.06. The van der Waals surface area contributed by atoms with Crippen molar-refractivity contribution in [2.24, 2.45) is 5.92 Å². The van der Waals surface area contributed by atoms with Gasteiger partial charge in [-0.3, -0.25) is 4.98 Å². The molecule has 0 saturated carbocycles. The lowest BCUT2D eigenvalue weighted by Gasteiger charge is -2.32. The van der Waals surface area contributed by atoms with E-state index in [0.717, 1.165) is 25.4 Å². The Bertz CT molecular complexity index is 350. The molecule has 0 bridgehead atoms. The average Bonchev–Trinajstić information content (AvgIpc) is 2.41. The number of nitrogens with one attached hydrogen (secondary N) is 1. The molecule has 1 aromatic heterocycles. The number of pyridine rings is 1. The lowest BCUT2D eigenvalue weighted by atomic mass is 9.90. The fraction of sp³-hybridized carbons (Fsp3) is 0.667. The Kier molecular flexibility index (Phi) is 5.14. The maximum atomic E-state index is 5.97. The monoisotopic (exact) mass is 248 g/mol. The van der Waals surface area contributed by atoms with Gasteiger partial charge < -0.3 is 10.1 Å². The van der Waals surface area contributed by atoms with Crippen molar-refractivity contribution in [3.05, 3.63) is 29.6 Å². The number of nitrogens with zero attached hydrogens (tertiary/aromatic N) is 1. The third-order valence-corrected chi connectivity index (χ3v) is 3.54. The van der Waals surface area contributed by atoms with Gasteiger partial charge in [0, 0.05) is 31.0 Å². The van der Waals surface area contributed by atoms with Crippen LogP contribution >= 0.6 is 0 Å². The Morgan fingerprint density at radius 1 is 1.44 bits per heavy atom. The Balaban J connectivity index is 2.00. The minimum atomic E-state index is 0.219. The maximum Gasteiger partial charge on any atom is 0.0880 e. The lowest BCUT2D eigenvalue weighted by Crippen LogP contribution is -2.32. The molecule has 2 heterocycles. The van der Waals surface area contributed by atoms with E-state index in [1.54, 1.807) is 0 Å². The van der Waals surface area contributed by atoms with Crippen LogP contribution in [0.5, 0.6) is 0 Å². The first kappa shape index (κ1) is 13.5. The molecule has 0 aliphatic carbocycles. The molecule has 1 aliphatic rings. The molecule has 1 N–H and O–H groups in total. The molecule has 100 valence electrons. The molecule has 0 spiro atoms. The normalized spacial score (nSPS) is 24.1. The molecule has 0 aromatic carbocycles. The molecule has 3 heteroatoms. The van der Waals surface area contributed by atoms with Crippen LogP contribution < -0.4 is 5.32 Å². The Labute approximate surface area is 110 Å². The van der Waals surface area contributed by atoms with E-state index in [1.807, 2.05) is 13.1 Å². The summed E-state index contributed by atoms with van der Waals surface area (Å²) in [5, 5.41) is 3.52. The van der Waals surface area contributed by atoms with E-state index in [1.165, 1.54) is 24.8 Å². The van der Waals surface area contributed by atoms with Gasteiger partial charge in [-0.2, -0.15) is 0 Å². The van der Waals surface area contributed by atoms with Crippen LogP contribution in [0.3, 0.4) is 0 Å². The standard InChI is InChI=1S/C15H24N2O/c1-3-8-16-10-13-5-4-9-18-15(13)14-7-6-12(2)17-11-14/h6-7,11,13,15-16H,3-5,8-10H2,1-2H3. The number of aromatic nitrogens is 1. The summed E-state index contributed by atoms with van der Waals surface area (Å²) < 4.78 is 5.97. The minimum absolute atomic E-state index is 0.219. The molecule has 2 rings (SSSR count). The topological polar surface area (TPSA) is 34.1 Å². The molecule has 0 radical (unpaired) electrons. The summed E-state index contributed by atoms with van der Waals surface area (Å²) in [6, 6.07) is 4.23. The van der Waals surface area contributed by atoms with Gasteiger partial charge in [0.05, 0.1) is 6.10 Å². The average molecular weight is 248 g/mol. The molecule has 2 atom stereocenters. The van der Waals surface area contributed by atoms with E-state index in [4.69, 9.17) is 4.74 Å². The highest BCUT2D eigenvalue weighted by atomic mass is 16.5. The van der Waals surface area contributed by atoms with E-state index >= 15 is 0 Å². The van der Waals surface area contributed by atoms with Gasteiger partial charge in [0.2, 0.25) is 0 Å². The van der Waals surface area contributed by atoms with Crippen molar-refractivity contribution in [1.82, 2.24) is 10.3 Å². The summed E-state index contributed by atoms with van der Waals surface area (Å²) in [5.41, 5.74) is 2.29. The van der Waals surface area contributed by atoms with Crippen LogP contribution in [-0.2, 0) is 4.74 Å². The highest BCUT2D eigenvalue weighted by molar-refractivity contribution is 5.17. The first-order chi connectivity index (χ1) is 8.81. The second-order valence-electron chi connectivity index (χ2n) is 5.13. The van der Waals surface area contributed by atoms with Crippen molar-refractivity contribution in [2.45, 2.75) is 39.2 Å². The molecule has 1 aliphatic heterocycles. The van der Waals surface area contributed by atoms with E-state index in [-0.39, 0.29) is 6.10 Å². The predicted octanol–water partition coefficient (Wildman–Crippen LogP) is 2.86. The minimum Gasteiger partial charge on any atom is -0.373 e. The summed E-state index contributed by atoms with van der Waals surface area (Å²) in [6.45, 7) is 7.24. The fourth-order valence-corrected chi connectivity index (χ4v) is 2.53. The molecule has 18 heavy (non-hydrogen) atoms. The van der Waals surface area contributed by atoms with Gasteiger partial charge in [0.1, 0.15) is 0 Å². The van der Waals surface area contributed by atoms with Crippen LogP contribution in [0.1, 0.15) is 43.5 Å². The molecule has 1 saturated heterocycles. The number of rotatable bonds is 5. The molecule has 0 amide bonds. The Hall–Kier alpha value is -0.930. The molecular weight excluding hydrogens is 224 g/mol. The van der Waals surface area contributed by atoms with E-state index in [9.17, 15) is 0 Å². The highest BCUT2D eigenvalue weighted by Gasteiger charge is 2.27. The maximum absolute atomic E-state index is 5.97. The van der Waals surface area contributed by atoms with E-state index < -0.39 is 0 Å². The van der Waals surface area contributed by atoms with Crippen LogP contribution in [0.4, 0.5) is 0 Å². The highest BCUT2D eigenvalue weighted by Crippen LogP contribution is 2.32. The number of ether oxygens (including phenoxy) is 1. The van der Waals surface area contributed by atoms with Crippen molar-refractivity contribution in [2.75, 3.05) is 19.7 Å². The van der Waals surface area contributed by atoms with Crippen molar-refractivity contribution < 1.29 is 4.74 Å². The molecule has 1 aromatic rings. The van der Waals surface area contributed by atoms with Gasteiger partial charge >= 0.3 is 0 Å². The first-order valence-corrected chi connectivity index (χ1v) is 7.06. The number of hydrogen-bond donors (Lipinski definition) is 1. The SMILES string of the molecule is CCCNCC1CCCOC1c1ccc(C)nc1. The quantitative estimate of drug-likeness (QED) is 0.814. The number of aryl methyl sites for hydroxylation is 1. The van der Waals surface area contributed by atoms with Gasteiger partial charge in [0.25, 0.3) is 0 Å². The van der Waals surface area contributed by atoms with Crippen LogP contribution in [0.25, 0.3) is 0 Å². The summed E-state index contributed by atoms with van der Waals surface area (Å²) in [7, 11) is 0. The van der Waals surface area contributed by atoms with Crippen LogP contribution in [-0.4, -0.2) is 24.7 Å². The van der Waals surface area contributed by atoms with Crippen molar-refractivity contribution in [3.8, 4) is 0 Å². The molecule has 3 nitrogen and oxygen atoms in total. The fourth-order valence-electron chi connectivity index (χ4n) is 2.53. The summed E-state index contributed by atoms with van der Waals surface area (Å²) in [5.74, 6) is 0.579. The summed E-state index contributed by atoms with van der Waals surface area (Å²) in [4.78, 5) is 4.38. The molecular formula is C15H24N2O. The second kappa shape index (κ2) is 6.86. The number of hydrogen-bond acceptors (Lipinski definition) is 3. The van der Waals surface area contributed by atoms with Gasteiger partial charge in [-0.15, -0.1) is 0 Å².